The summed E-state index contributed by atoms with van der Waals surface area (Å²) >= 11 is 1.38. The molecule has 1 fully saturated rings. The number of ether oxygens (including phenoxy) is 1. The summed E-state index contributed by atoms with van der Waals surface area (Å²) in [4.78, 5) is 37.5. The average molecular weight is 416 g/mol. The van der Waals surface area contributed by atoms with E-state index in [2.05, 4.69) is 27.2 Å². The lowest BCUT2D eigenvalue weighted by Crippen LogP contribution is -2.47. The van der Waals surface area contributed by atoms with Gasteiger partial charge in [0.25, 0.3) is 5.91 Å². The normalized spacial score (nSPS) is 14.5. The lowest BCUT2D eigenvalue weighted by molar-refractivity contribution is 0.0526. The molecule has 0 atom stereocenters. The minimum Gasteiger partial charge on any atom is -0.462 e. The van der Waals surface area contributed by atoms with Crippen molar-refractivity contribution in [2.75, 3.05) is 51.4 Å². The van der Waals surface area contributed by atoms with Crippen molar-refractivity contribution in [2.24, 2.45) is 0 Å². The summed E-state index contributed by atoms with van der Waals surface area (Å²) in [5.41, 5.74) is 1.62. The highest BCUT2D eigenvalue weighted by molar-refractivity contribution is 7.98. The third-order valence-electron chi connectivity index (χ3n) is 4.63. The molecule has 2 aromatic rings. The number of aromatic nitrogens is 2. The van der Waals surface area contributed by atoms with Crippen molar-refractivity contribution in [1.29, 1.82) is 0 Å². The maximum atomic E-state index is 12.7. The Bertz CT molecular complexity index is 867. The first-order chi connectivity index (χ1) is 14.0. The van der Waals surface area contributed by atoms with Gasteiger partial charge in [-0.15, -0.1) is 0 Å². The van der Waals surface area contributed by atoms with E-state index in [1.54, 1.807) is 31.2 Å². The SMILES string of the molecule is CCOC(=O)c1cnc(SC)nc1Nc1ccc(C(=O)N2CCN(C)CC2)cc1. The third kappa shape index (κ3) is 5.24. The Hall–Kier alpha value is -2.65. The first kappa shape index (κ1) is 21.1. The van der Waals surface area contributed by atoms with Gasteiger partial charge in [-0.1, -0.05) is 11.8 Å². The number of nitrogens with zero attached hydrogens (tertiary/aromatic N) is 4. The fraction of sp³-hybridized carbons (Fsp3) is 0.400. The number of nitrogens with one attached hydrogen (secondary N) is 1. The molecule has 0 bridgehead atoms. The molecule has 0 unspecified atom stereocenters. The summed E-state index contributed by atoms with van der Waals surface area (Å²) in [5.74, 6) is -0.0750. The van der Waals surface area contributed by atoms with Crippen LogP contribution in [-0.2, 0) is 4.74 Å². The maximum Gasteiger partial charge on any atom is 0.343 e. The van der Waals surface area contributed by atoms with Gasteiger partial charge in [0.15, 0.2) is 5.16 Å². The van der Waals surface area contributed by atoms with Crippen LogP contribution in [0.4, 0.5) is 11.5 Å². The molecule has 0 spiro atoms. The molecule has 3 rings (SSSR count). The number of carbonyl (C=O) groups excluding carboxylic acids is 2. The molecule has 0 aliphatic carbocycles. The Morgan fingerprint density at radius 2 is 1.86 bits per heavy atom. The van der Waals surface area contributed by atoms with Gasteiger partial charge < -0.3 is 19.9 Å². The monoisotopic (exact) mass is 415 g/mol. The molecule has 1 aromatic heterocycles. The number of anilines is 2. The van der Waals surface area contributed by atoms with Crippen LogP contribution in [-0.4, -0.2) is 77.7 Å². The molecule has 1 aliphatic heterocycles. The van der Waals surface area contributed by atoms with Crippen LogP contribution in [0, 0.1) is 0 Å². The second kappa shape index (κ2) is 9.71. The highest BCUT2D eigenvalue weighted by atomic mass is 32.2. The van der Waals surface area contributed by atoms with Crippen molar-refractivity contribution in [2.45, 2.75) is 12.1 Å². The molecule has 154 valence electrons. The van der Waals surface area contributed by atoms with Crippen molar-refractivity contribution in [3.05, 3.63) is 41.6 Å². The van der Waals surface area contributed by atoms with Gasteiger partial charge in [0.2, 0.25) is 0 Å². The number of piperazine rings is 1. The number of esters is 1. The van der Waals surface area contributed by atoms with Crippen LogP contribution in [0.25, 0.3) is 0 Å². The van der Waals surface area contributed by atoms with E-state index in [9.17, 15) is 9.59 Å². The Balaban J connectivity index is 1.75. The van der Waals surface area contributed by atoms with Crippen LogP contribution in [0.5, 0.6) is 0 Å². The van der Waals surface area contributed by atoms with Crippen LogP contribution in [0.15, 0.2) is 35.6 Å². The fourth-order valence-electron chi connectivity index (χ4n) is 2.94. The Morgan fingerprint density at radius 3 is 2.48 bits per heavy atom. The van der Waals surface area contributed by atoms with Crippen molar-refractivity contribution in [1.82, 2.24) is 19.8 Å². The number of amides is 1. The van der Waals surface area contributed by atoms with Gasteiger partial charge in [-0.2, -0.15) is 0 Å². The largest absolute Gasteiger partial charge is 0.462 e. The zero-order valence-electron chi connectivity index (χ0n) is 16.8. The molecule has 0 radical (unpaired) electrons. The number of hydrogen-bond donors (Lipinski definition) is 1. The van der Waals surface area contributed by atoms with E-state index in [1.807, 2.05) is 11.2 Å². The quantitative estimate of drug-likeness (QED) is 0.437. The molecule has 29 heavy (non-hydrogen) atoms. The summed E-state index contributed by atoms with van der Waals surface area (Å²) < 4.78 is 5.09. The smallest absolute Gasteiger partial charge is 0.343 e. The molecular weight excluding hydrogens is 390 g/mol. The lowest BCUT2D eigenvalue weighted by Gasteiger charge is -2.32. The predicted octanol–water partition coefficient (Wildman–Crippen LogP) is 2.51. The van der Waals surface area contributed by atoms with Crippen LogP contribution in [0.2, 0.25) is 0 Å². The molecule has 0 saturated carbocycles. The molecule has 1 N–H and O–H groups in total. The molecule has 1 saturated heterocycles. The zero-order valence-corrected chi connectivity index (χ0v) is 17.7. The van der Waals surface area contributed by atoms with E-state index in [1.165, 1.54) is 18.0 Å². The van der Waals surface area contributed by atoms with E-state index < -0.39 is 5.97 Å². The summed E-state index contributed by atoms with van der Waals surface area (Å²) in [5, 5.41) is 3.69. The molecule has 1 amide bonds. The van der Waals surface area contributed by atoms with Gasteiger partial charge in [-0.25, -0.2) is 14.8 Å². The number of benzene rings is 1. The van der Waals surface area contributed by atoms with E-state index >= 15 is 0 Å². The predicted molar refractivity (Wildman–Crippen MR) is 113 cm³/mol. The van der Waals surface area contributed by atoms with E-state index in [4.69, 9.17) is 4.74 Å². The van der Waals surface area contributed by atoms with Crippen molar-refractivity contribution in [3.8, 4) is 0 Å². The van der Waals surface area contributed by atoms with Crippen molar-refractivity contribution in [3.63, 3.8) is 0 Å². The minimum atomic E-state index is -0.482. The van der Waals surface area contributed by atoms with E-state index in [0.29, 0.717) is 16.5 Å². The highest BCUT2D eigenvalue weighted by Gasteiger charge is 2.20. The fourth-order valence-corrected chi connectivity index (χ4v) is 3.28. The van der Waals surface area contributed by atoms with Gasteiger partial charge in [0.05, 0.1) is 6.61 Å². The number of rotatable bonds is 6. The third-order valence-corrected chi connectivity index (χ3v) is 5.19. The summed E-state index contributed by atoms with van der Waals surface area (Å²) in [6, 6.07) is 7.17. The number of hydrogen-bond acceptors (Lipinski definition) is 8. The highest BCUT2D eigenvalue weighted by Crippen LogP contribution is 2.22. The standard InChI is InChI=1S/C20H25N5O3S/c1-4-28-19(27)16-13-21-20(29-3)23-17(16)22-15-7-5-14(6-8-15)18(26)25-11-9-24(2)10-12-25/h5-8,13H,4,9-12H2,1-3H3,(H,21,22,23). The number of thioether (sulfide) groups is 1. The van der Waals surface area contributed by atoms with Crippen LogP contribution < -0.4 is 5.32 Å². The maximum absolute atomic E-state index is 12.7. The Kier molecular flexibility index (Phi) is 7.05. The van der Waals surface area contributed by atoms with E-state index in [0.717, 1.165) is 31.9 Å². The van der Waals surface area contributed by atoms with Crippen LogP contribution in [0.1, 0.15) is 27.6 Å². The Labute approximate surface area is 174 Å². The number of carbonyl (C=O) groups is 2. The second-order valence-corrected chi connectivity index (χ2v) is 7.41. The summed E-state index contributed by atoms with van der Waals surface area (Å²) in [6.45, 7) is 5.25. The molecular formula is C20H25N5O3S. The molecule has 8 nitrogen and oxygen atoms in total. The first-order valence-electron chi connectivity index (χ1n) is 9.45. The van der Waals surface area contributed by atoms with Gasteiger partial charge in [0.1, 0.15) is 11.4 Å². The second-order valence-electron chi connectivity index (χ2n) is 6.64. The molecule has 2 heterocycles. The van der Waals surface area contributed by atoms with E-state index in [-0.39, 0.29) is 18.1 Å². The van der Waals surface area contributed by atoms with Gasteiger partial charge in [-0.3, -0.25) is 4.79 Å². The van der Waals surface area contributed by atoms with Gasteiger partial charge >= 0.3 is 5.97 Å². The van der Waals surface area contributed by atoms with Crippen molar-refractivity contribution >= 4 is 35.1 Å². The lowest BCUT2D eigenvalue weighted by atomic mass is 10.1. The van der Waals surface area contributed by atoms with Gasteiger partial charge in [0, 0.05) is 43.6 Å². The van der Waals surface area contributed by atoms with Crippen LogP contribution in [0.3, 0.4) is 0 Å². The minimum absolute atomic E-state index is 0.0311. The molecule has 1 aliphatic rings. The summed E-state index contributed by atoms with van der Waals surface area (Å²) in [7, 11) is 2.06. The van der Waals surface area contributed by atoms with Gasteiger partial charge in [-0.05, 0) is 44.5 Å². The topological polar surface area (TPSA) is 87.7 Å². The first-order valence-corrected chi connectivity index (χ1v) is 10.7. The Morgan fingerprint density at radius 1 is 1.17 bits per heavy atom. The number of likely N-dealkylation sites (N-methyl/N-ethyl adjacent to an activating group) is 1. The average Bonchev–Trinajstić information content (AvgIpc) is 2.74. The zero-order chi connectivity index (χ0) is 20.8. The van der Waals surface area contributed by atoms with Crippen molar-refractivity contribution < 1.29 is 14.3 Å². The van der Waals surface area contributed by atoms with Crippen LogP contribution >= 0.6 is 11.8 Å². The molecule has 1 aromatic carbocycles. The molecule has 9 heteroatoms. The summed E-state index contributed by atoms with van der Waals surface area (Å²) in [6.07, 6.45) is 3.33.